The third-order valence-corrected chi connectivity index (χ3v) is 3.64. The molecule has 1 heterocycles. The quantitative estimate of drug-likeness (QED) is 0.921. The van der Waals surface area contributed by atoms with Gasteiger partial charge in [-0.3, -0.25) is 4.79 Å². The van der Waals surface area contributed by atoms with E-state index < -0.39 is 0 Å². The third-order valence-electron chi connectivity index (χ3n) is 3.35. The fraction of sp³-hybridized carbons (Fsp3) is 0.400. The molecule has 0 radical (unpaired) electrons. The Hall–Kier alpha value is -1.68. The summed E-state index contributed by atoms with van der Waals surface area (Å²) in [5.41, 5.74) is 2.28. The van der Waals surface area contributed by atoms with E-state index in [4.69, 9.17) is 16.3 Å². The molecule has 0 spiro atoms. The van der Waals surface area contributed by atoms with Crippen LogP contribution in [0.5, 0.6) is 5.75 Å². The van der Waals surface area contributed by atoms with Crippen LogP contribution in [-0.4, -0.2) is 24.1 Å². The van der Waals surface area contributed by atoms with E-state index >= 15 is 0 Å². The fourth-order valence-electron chi connectivity index (χ4n) is 2.36. The topological polar surface area (TPSA) is 43.3 Å². The molecule has 2 aromatic rings. The van der Waals surface area contributed by atoms with Crippen molar-refractivity contribution < 1.29 is 9.53 Å². The lowest BCUT2D eigenvalue weighted by Gasteiger charge is -2.06. The number of hydrogen-bond acceptors (Lipinski definition) is 2. The van der Waals surface area contributed by atoms with Crippen LogP contribution in [0.2, 0.25) is 5.02 Å². The predicted octanol–water partition coefficient (Wildman–Crippen LogP) is 3.00. The standard InChI is InChI=1S/C15H19ClN2O2/c1-4-18-9-11(5-6-17-10(2)19)12-7-15(20-3)13(16)8-14(12)18/h7-9H,4-6H2,1-3H3,(H,17,19). The molecule has 1 aromatic heterocycles. The van der Waals surface area contributed by atoms with Crippen molar-refractivity contribution in [2.24, 2.45) is 0 Å². The molecule has 20 heavy (non-hydrogen) atoms. The number of amides is 1. The minimum Gasteiger partial charge on any atom is -0.495 e. The van der Waals surface area contributed by atoms with Gasteiger partial charge in [0.1, 0.15) is 5.75 Å². The van der Waals surface area contributed by atoms with Crippen molar-refractivity contribution in [1.82, 2.24) is 9.88 Å². The van der Waals surface area contributed by atoms with Crippen LogP contribution in [0.4, 0.5) is 0 Å². The molecule has 0 fully saturated rings. The van der Waals surface area contributed by atoms with Crippen LogP contribution in [0.1, 0.15) is 19.4 Å². The number of aromatic nitrogens is 1. The molecular formula is C15H19ClN2O2. The van der Waals surface area contributed by atoms with Crippen LogP contribution in [0.25, 0.3) is 10.9 Å². The Bertz CT molecular complexity index is 634. The first-order valence-electron chi connectivity index (χ1n) is 6.66. The average molecular weight is 295 g/mol. The first-order valence-corrected chi connectivity index (χ1v) is 7.04. The molecule has 0 atom stereocenters. The van der Waals surface area contributed by atoms with Crippen molar-refractivity contribution in [3.63, 3.8) is 0 Å². The zero-order valence-corrected chi connectivity index (χ0v) is 12.8. The number of fused-ring (bicyclic) bond motifs is 1. The van der Waals surface area contributed by atoms with Crippen molar-refractivity contribution in [3.8, 4) is 5.75 Å². The molecule has 0 aliphatic rings. The van der Waals surface area contributed by atoms with Gasteiger partial charge < -0.3 is 14.6 Å². The Kier molecular flexibility index (Phi) is 4.55. The number of methoxy groups -OCH3 is 1. The number of carbonyl (C=O) groups excluding carboxylic acids is 1. The van der Waals surface area contributed by atoms with Gasteiger partial charge >= 0.3 is 0 Å². The van der Waals surface area contributed by atoms with Crippen LogP contribution >= 0.6 is 11.6 Å². The number of rotatable bonds is 5. The van der Waals surface area contributed by atoms with Gasteiger partial charge in [0.25, 0.3) is 0 Å². The lowest BCUT2D eigenvalue weighted by molar-refractivity contribution is -0.118. The van der Waals surface area contributed by atoms with Crippen LogP contribution in [0.3, 0.4) is 0 Å². The lowest BCUT2D eigenvalue weighted by atomic mass is 10.1. The fourth-order valence-corrected chi connectivity index (χ4v) is 2.59. The zero-order valence-electron chi connectivity index (χ0n) is 12.0. The van der Waals surface area contributed by atoms with Gasteiger partial charge in [-0.2, -0.15) is 0 Å². The van der Waals surface area contributed by atoms with E-state index in [0.717, 1.165) is 23.9 Å². The SMILES string of the molecule is CCn1cc(CCNC(C)=O)c2cc(OC)c(Cl)cc21. The van der Waals surface area contributed by atoms with Crippen LogP contribution in [-0.2, 0) is 17.8 Å². The van der Waals surface area contributed by atoms with Crippen LogP contribution in [0, 0.1) is 0 Å². The molecule has 0 aliphatic heterocycles. The van der Waals surface area contributed by atoms with Crippen molar-refractivity contribution in [2.45, 2.75) is 26.8 Å². The molecule has 0 aliphatic carbocycles. The second-order valence-electron chi connectivity index (χ2n) is 4.68. The highest BCUT2D eigenvalue weighted by Gasteiger charge is 2.12. The summed E-state index contributed by atoms with van der Waals surface area (Å²) in [6.07, 6.45) is 2.90. The van der Waals surface area contributed by atoms with Gasteiger partial charge in [-0.1, -0.05) is 11.6 Å². The van der Waals surface area contributed by atoms with Gasteiger partial charge in [0.2, 0.25) is 5.91 Å². The lowest BCUT2D eigenvalue weighted by Crippen LogP contribution is -2.22. The second-order valence-corrected chi connectivity index (χ2v) is 5.08. The molecular weight excluding hydrogens is 276 g/mol. The maximum atomic E-state index is 11.0. The minimum absolute atomic E-state index is 0.00939. The Morgan fingerprint density at radius 2 is 2.20 bits per heavy atom. The molecule has 0 bridgehead atoms. The molecule has 4 nitrogen and oxygen atoms in total. The van der Waals surface area contributed by atoms with Gasteiger partial charge in [0.05, 0.1) is 17.6 Å². The maximum Gasteiger partial charge on any atom is 0.216 e. The molecule has 0 saturated heterocycles. The molecule has 1 N–H and O–H groups in total. The van der Waals surface area contributed by atoms with Gasteiger partial charge in [0.15, 0.2) is 0 Å². The van der Waals surface area contributed by atoms with E-state index in [1.165, 1.54) is 12.5 Å². The number of carbonyl (C=O) groups is 1. The monoisotopic (exact) mass is 294 g/mol. The first kappa shape index (κ1) is 14.7. The van der Waals surface area contributed by atoms with E-state index in [-0.39, 0.29) is 5.91 Å². The van der Waals surface area contributed by atoms with E-state index in [0.29, 0.717) is 17.3 Å². The summed E-state index contributed by atoms with van der Waals surface area (Å²) in [4.78, 5) is 11.0. The highest BCUT2D eigenvalue weighted by atomic mass is 35.5. The molecule has 1 aromatic carbocycles. The van der Waals surface area contributed by atoms with E-state index in [2.05, 4.69) is 23.0 Å². The summed E-state index contributed by atoms with van der Waals surface area (Å²) in [5.74, 6) is 0.665. The van der Waals surface area contributed by atoms with Crippen LogP contribution in [0.15, 0.2) is 18.3 Å². The van der Waals surface area contributed by atoms with E-state index in [1.807, 2.05) is 12.1 Å². The summed E-state index contributed by atoms with van der Waals surface area (Å²) >= 11 is 6.19. The van der Waals surface area contributed by atoms with Crippen molar-refractivity contribution in [2.75, 3.05) is 13.7 Å². The number of nitrogens with one attached hydrogen (secondary N) is 1. The summed E-state index contributed by atoms with van der Waals surface area (Å²) < 4.78 is 7.44. The third kappa shape index (κ3) is 2.90. The Labute approximate surface area is 123 Å². The summed E-state index contributed by atoms with van der Waals surface area (Å²) in [5, 5.41) is 4.56. The first-order chi connectivity index (χ1) is 9.56. The zero-order chi connectivity index (χ0) is 14.7. The normalized spacial score (nSPS) is 10.8. The van der Waals surface area contributed by atoms with Gasteiger partial charge in [0, 0.05) is 31.6 Å². The summed E-state index contributed by atoms with van der Waals surface area (Å²) in [6.45, 7) is 5.12. The molecule has 108 valence electrons. The van der Waals surface area contributed by atoms with Crippen molar-refractivity contribution >= 4 is 28.4 Å². The molecule has 1 amide bonds. The number of nitrogens with zero attached hydrogens (tertiary/aromatic N) is 1. The van der Waals surface area contributed by atoms with Crippen molar-refractivity contribution in [1.29, 1.82) is 0 Å². The number of benzene rings is 1. The van der Waals surface area contributed by atoms with Gasteiger partial charge in [-0.25, -0.2) is 0 Å². The minimum atomic E-state index is -0.00939. The number of halogens is 1. The Morgan fingerprint density at radius 3 is 2.80 bits per heavy atom. The van der Waals surface area contributed by atoms with Crippen molar-refractivity contribution in [3.05, 3.63) is 28.9 Å². The molecule has 0 unspecified atom stereocenters. The number of ether oxygens (including phenoxy) is 1. The largest absolute Gasteiger partial charge is 0.495 e. The van der Waals surface area contributed by atoms with Gasteiger partial charge in [-0.05, 0) is 31.0 Å². The smallest absolute Gasteiger partial charge is 0.216 e. The maximum absolute atomic E-state index is 11.0. The van der Waals surface area contributed by atoms with Gasteiger partial charge in [-0.15, -0.1) is 0 Å². The summed E-state index contributed by atoms with van der Waals surface area (Å²) in [7, 11) is 1.61. The van der Waals surface area contributed by atoms with E-state index in [1.54, 1.807) is 7.11 Å². The average Bonchev–Trinajstić information content (AvgIpc) is 2.74. The predicted molar refractivity (Wildman–Crippen MR) is 81.6 cm³/mol. The summed E-state index contributed by atoms with van der Waals surface area (Å²) in [6, 6.07) is 3.90. The van der Waals surface area contributed by atoms with Crippen LogP contribution < -0.4 is 10.1 Å². The Balaban J connectivity index is 2.40. The highest BCUT2D eigenvalue weighted by Crippen LogP contribution is 2.32. The number of aryl methyl sites for hydroxylation is 1. The molecule has 2 rings (SSSR count). The number of hydrogen-bond donors (Lipinski definition) is 1. The second kappa shape index (κ2) is 6.18. The Morgan fingerprint density at radius 1 is 1.45 bits per heavy atom. The molecule has 5 heteroatoms. The highest BCUT2D eigenvalue weighted by molar-refractivity contribution is 6.32. The molecule has 0 saturated carbocycles. The van der Waals surface area contributed by atoms with E-state index in [9.17, 15) is 4.79 Å².